The van der Waals surface area contributed by atoms with Gasteiger partial charge in [-0.2, -0.15) is 0 Å². The lowest BCUT2D eigenvalue weighted by Crippen LogP contribution is -2.61. The van der Waals surface area contributed by atoms with E-state index in [0.29, 0.717) is 0 Å². The molecule has 0 aliphatic carbocycles. The maximum atomic E-state index is 11.4. The van der Waals surface area contributed by atoms with Gasteiger partial charge in [-0.3, -0.25) is 9.59 Å². The first-order valence-corrected chi connectivity index (χ1v) is 7.86. The number of carbonyl (C=O) groups is 2. The lowest BCUT2D eigenvalue weighted by molar-refractivity contribution is -0.301. The van der Waals surface area contributed by atoms with Gasteiger partial charge in [0.05, 0.1) is 13.2 Å². The van der Waals surface area contributed by atoms with Gasteiger partial charge in [0.25, 0.3) is 0 Å². The van der Waals surface area contributed by atoms with Crippen LogP contribution < -0.4 is 0 Å². The largest absolute Gasteiger partial charge is 0.457 e. The standard InChI is InChI=1S/C17H22O8/c1-10(19)23-14-13(8-18)25-17(21)16(24-11(2)20)15(14)22-9-12-6-4-3-5-7-12/h3-7,13-18,21H,8-9H2,1-2H3/t13-,14-,15+,16-,17+/m1/s1. The monoisotopic (exact) mass is 354 g/mol. The van der Waals surface area contributed by atoms with E-state index in [-0.39, 0.29) is 6.61 Å². The van der Waals surface area contributed by atoms with E-state index in [1.54, 1.807) is 0 Å². The molecule has 0 bridgehead atoms. The van der Waals surface area contributed by atoms with Gasteiger partial charge in [0, 0.05) is 13.8 Å². The van der Waals surface area contributed by atoms with E-state index in [1.807, 2.05) is 30.3 Å². The Labute approximate surface area is 145 Å². The normalized spacial score (nSPS) is 29.0. The van der Waals surface area contributed by atoms with E-state index in [0.717, 1.165) is 5.56 Å². The van der Waals surface area contributed by atoms with Crippen LogP contribution in [-0.4, -0.2) is 59.5 Å². The third kappa shape index (κ3) is 5.23. The molecule has 8 nitrogen and oxygen atoms in total. The smallest absolute Gasteiger partial charge is 0.303 e. The van der Waals surface area contributed by atoms with E-state index in [2.05, 4.69) is 0 Å². The third-order valence-corrected chi connectivity index (χ3v) is 3.68. The average molecular weight is 354 g/mol. The molecule has 0 amide bonds. The topological polar surface area (TPSA) is 112 Å². The molecule has 1 saturated heterocycles. The van der Waals surface area contributed by atoms with Gasteiger partial charge >= 0.3 is 11.9 Å². The molecule has 0 aromatic heterocycles. The minimum Gasteiger partial charge on any atom is -0.457 e. The van der Waals surface area contributed by atoms with Crippen molar-refractivity contribution in [3.05, 3.63) is 35.9 Å². The van der Waals surface area contributed by atoms with Crippen molar-refractivity contribution in [2.45, 2.75) is 51.2 Å². The number of ether oxygens (including phenoxy) is 4. The van der Waals surface area contributed by atoms with Crippen LogP contribution in [0.2, 0.25) is 0 Å². The highest BCUT2D eigenvalue weighted by Crippen LogP contribution is 2.28. The highest BCUT2D eigenvalue weighted by atomic mass is 16.7. The number of esters is 2. The molecule has 1 fully saturated rings. The van der Waals surface area contributed by atoms with Crippen molar-refractivity contribution in [3.63, 3.8) is 0 Å². The second-order valence-electron chi connectivity index (χ2n) is 5.66. The zero-order valence-corrected chi connectivity index (χ0v) is 14.0. The Bertz CT molecular complexity index is 575. The Morgan fingerprint density at radius 3 is 2.20 bits per heavy atom. The molecule has 138 valence electrons. The van der Waals surface area contributed by atoms with Crippen molar-refractivity contribution in [2.75, 3.05) is 6.61 Å². The van der Waals surface area contributed by atoms with E-state index in [9.17, 15) is 19.8 Å². The van der Waals surface area contributed by atoms with Gasteiger partial charge in [0.1, 0.15) is 12.2 Å². The molecule has 1 aliphatic heterocycles. The summed E-state index contributed by atoms with van der Waals surface area (Å²) < 4.78 is 21.3. The lowest BCUT2D eigenvalue weighted by Gasteiger charge is -2.42. The van der Waals surface area contributed by atoms with Gasteiger partial charge in [0.15, 0.2) is 18.5 Å². The van der Waals surface area contributed by atoms with Crippen molar-refractivity contribution >= 4 is 11.9 Å². The Hall–Kier alpha value is -2.00. The fraction of sp³-hybridized carbons (Fsp3) is 0.529. The summed E-state index contributed by atoms with van der Waals surface area (Å²) in [5, 5.41) is 19.6. The Kier molecular flexibility index (Phi) is 6.89. The summed E-state index contributed by atoms with van der Waals surface area (Å²) >= 11 is 0. The van der Waals surface area contributed by atoms with Crippen LogP contribution in [0.1, 0.15) is 19.4 Å². The second kappa shape index (κ2) is 8.91. The van der Waals surface area contributed by atoms with Crippen molar-refractivity contribution in [1.29, 1.82) is 0 Å². The number of aliphatic hydroxyl groups is 2. The van der Waals surface area contributed by atoms with E-state index in [4.69, 9.17) is 18.9 Å². The molecule has 1 aliphatic rings. The number of rotatable bonds is 6. The summed E-state index contributed by atoms with van der Waals surface area (Å²) in [5.41, 5.74) is 0.840. The van der Waals surface area contributed by atoms with Crippen LogP contribution in [0.25, 0.3) is 0 Å². The number of carbonyl (C=O) groups excluding carboxylic acids is 2. The van der Waals surface area contributed by atoms with Crippen LogP contribution in [0.15, 0.2) is 30.3 Å². The van der Waals surface area contributed by atoms with Crippen LogP contribution in [0.5, 0.6) is 0 Å². The van der Waals surface area contributed by atoms with Crippen molar-refractivity contribution in [2.24, 2.45) is 0 Å². The maximum absolute atomic E-state index is 11.4. The molecule has 5 atom stereocenters. The SMILES string of the molecule is CC(=O)O[C@@H]1[C@@H](OCc2ccccc2)[C@H](OC(C)=O)[C@@H](CO)O[C@@H]1O. The minimum atomic E-state index is -1.52. The quantitative estimate of drug-likeness (QED) is 0.694. The van der Waals surface area contributed by atoms with Gasteiger partial charge < -0.3 is 29.2 Å². The number of hydrogen-bond acceptors (Lipinski definition) is 8. The molecule has 2 N–H and O–H groups in total. The molecule has 0 saturated carbocycles. The average Bonchev–Trinajstić information content (AvgIpc) is 2.57. The van der Waals surface area contributed by atoms with Gasteiger partial charge in [-0.05, 0) is 5.56 Å². The molecule has 0 radical (unpaired) electrons. The molecular weight excluding hydrogens is 332 g/mol. The molecule has 25 heavy (non-hydrogen) atoms. The first-order valence-electron chi connectivity index (χ1n) is 7.86. The summed E-state index contributed by atoms with van der Waals surface area (Å²) in [6.07, 6.45) is -5.78. The summed E-state index contributed by atoms with van der Waals surface area (Å²) in [6, 6.07) is 9.19. The van der Waals surface area contributed by atoms with Gasteiger partial charge in [-0.25, -0.2) is 0 Å². The summed E-state index contributed by atoms with van der Waals surface area (Å²) in [7, 11) is 0. The first-order chi connectivity index (χ1) is 11.9. The molecule has 0 spiro atoms. The van der Waals surface area contributed by atoms with Crippen LogP contribution in [0.3, 0.4) is 0 Å². The third-order valence-electron chi connectivity index (χ3n) is 3.68. The van der Waals surface area contributed by atoms with E-state index >= 15 is 0 Å². The van der Waals surface area contributed by atoms with Gasteiger partial charge in [-0.15, -0.1) is 0 Å². The maximum Gasteiger partial charge on any atom is 0.303 e. The molecular formula is C17H22O8. The molecule has 8 heteroatoms. The van der Waals surface area contributed by atoms with Crippen molar-refractivity contribution < 1.29 is 38.7 Å². The zero-order valence-electron chi connectivity index (χ0n) is 14.0. The predicted octanol–water partition coefficient (Wildman–Crippen LogP) is 0.145. The number of benzene rings is 1. The first kappa shape index (κ1) is 19.3. The Morgan fingerprint density at radius 2 is 1.64 bits per heavy atom. The molecule has 2 rings (SSSR count). The Balaban J connectivity index is 2.23. The number of hydrogen-bond donors (Lipinski definition) is 2. The minimum absolute atomic E-state index is 0.131. The lowest BCUT2D eigenvalue weighted by atomic mass is 9.98. The fourth-order valence-corrected chi connectivity index (χ4v) is 2.65. The van der Waals surface area contributed by atoms with Gasteiger partial charge in [0.2, 0.25) is 0 Å². The van der Waals surface area contributed by atoms with Gasteiger partial charge in [-0.1, -0.05) is 30.3 Å². The second-order valence-corrected chi connectivity index (χ2v) is 5.66. The Morgan fingerprint density at radius 1 is 1.04 bits per heavy atom. The summed E-state index contributed by atoms with van der Waals surface area (Å²) in [6.45, 7) is 2.01. The summed E-state index contributed by atoms with van der Waals surface area (Å²) in [5.74, 6) is -1.26. The molecule has 1 aromatic carbocycles. The van der Waals surface area contributed by atoms with Crippen LogP contribution >= 0.6 is 0 Å². The highest BCUT2D eigenvalue weighted by molar-refractivity contribution is 5.67. The van der Waals surface area contributed by atoms with Crippen molar-refractivity contribution in [1.82, 2.24) is 0 Å². The number of aliphatic hydroxyl groups excluding tert-OH is 2. The predicted molar refractivity (Wildman–Crippen MR) is 84.1 cm³/mol. The molecule has 0 unspecified atom stereocenters. The van der Waals surface area contributed by atoms with E-state index < -0.39 is 49.3 Å². The van der Waals surface area contributed by atoms with Crippen LogP contribution in [0, 0.1) is 0 Å². The summed E-state index contributed by atoms with van der Waals surface area (Å²) in [4.78, 5) is 22.8. The molecule has 1 heterocycles. The zero-order chi connectivity index (χ0) is 18.4. The van der Waals surface area contributed by atoms with Crippen molar-refractivity contribution in [3.8, 4) is 0 Å². The van der Waals surface area contributed by atoms with Crippen LogP contribution in [-0.2, 0) is 35.1 Å². The fourth-order valence-electron chi connectivity index (χ4n) is 2.65. The highest BCUT2D eigenvalue weighted by Gasteiger charge is 2.49. The van der Waals surface area contributed by atoms with E-state index in [1.165, 1.54) is 13.8 Å². The van der Waals surface area contributed by atoms with Crippen LogP contribution in [0.4, 0.5) is 0 Å². The molecule has 1 aromatic rings.